The molecule has 2 aliphatic rings. The number of likely N-dealkylation sites (tertiary alicyclic amines) is 2. The number of likely N-dealkylation sites (N-methyl/N-ethyl adjacent to an activating group) is 1. The Morgan fingerprint density at radius 3 is 2.54 bits per heavy atom. The highest BCUT2D eigenvalue weighted by Crippen LogP contribution is 2.47. The summed E-state index contributed by atoms with van der Waals surface area (Å²) in [5, 5.41) is 7.40. The van der Waals surface area contributed by atoms with Gasteiger partial charge in [0, 0.05) is 39.2 Å². The van der Waals surface area contributed by atoms with Crippen molar-refractivity contribution in [3.05, 3.63) is 53.9 Å². The highest BCUT2D eigenvalue weighted by atomic mass is 16.2. The van der Waals surface area contributed by atoms with Crippen molar-refractivity contribution in [1.82, 2.24) is 24.9 Å². The molecule has 7 nitrogen and oxygen atoms in total. The molecule has 28 heavy (non-hydrogen) atoms. The van der Waals surface area contributed by atoms with Gasteiger partial charge in [-0.05, 0) is 31.6 Å². The number of rotatable bonds is 3. The van der Waals surface area contributed by atoms with Gasteiger partial charge in [0.25, 0.3) is 5.91 Å². The summed E-state index contributed by atoms with van der Waals surface area (Å²) in [5.41, 5.74) is 1.22. The summed E-state index contributed by atoms with van der Waals surface area (Å²) in [7, 11) is 3.86. The van der Waals surface area contributed by atoms with Crippen molar-refractivity contribution < 1.29 is 9.59 Å². The van der Waals surface area contributed by atoms with Crippen LogP contribution in [-0.2, 0) is 11.8 Å². The molecule has 0 saturated carbocycles. The second kappa shape index (κ2) is 7.05. The molecule has 7 heteroatoms. The van der Waals surface area contributed by atoms with Crippen LogP contribution in [0.3, 0.4) is 0 Å². The lowest BCUT2D eigenvalue weighted by atomic mass is 9.76. The molecule has 2 aromatic rings. The van der Waals surface area contributed by atoms with E-state index in [0.29, 0.717) is 12.2 Å². The standard InChI is InChI=1S/C21H27N5O2/c1-15(27)23-21-13-24(2)12-10-17(21)19(16-7-5-4-6-8-16)26(14-21)20(28)18-9-11-22-25(18)3/h4-9,11,17,19H,10,12-14H2,1-3H3,(H,23,27)/t17-,19-,21-/m1/s1. The van der Waals surface area contributed by atoms with E-state index in [9.17, 15) is 9.59 Å². The Labute approximate surface area is 165 Å². The van der Waals surface area contributed by atoms with Gasteiger partial charge < -0.3 is 15.1 Å². The molecule has 2 saturated heterocycles. The number of hydrogen-bond acceptors (Lipinski definition) is 4. The van der Waals surface area contributed by atoms with Crippen molar-refractivity contribution in [1.29, 1.82) is 0 Å². The number of benzene rings is 1. The van der Waals surface area contributed by atoms with Crippen molar-refractivity contribution in [2.24, 2.45) is 13.0 Å². The molecule has 3 heterocycles. The summed E-state index contributed by atoms with van der Waals surface area (Å²) in [6, 6.07) is 11.8. The minimum atomic E-state index is -0.451. The van der Waals surface area contributed by atoms with Crippen molar-refractivity contribution in [3.63, 3.8) is 0 Å². The van der Waals surface area contributed by atoms with E-state index >= 15 is 0 Å². The van der Waals surface area contributed by atoms with Gasteiger partial charge in [0.1, 0.15) is 5.69 Å². The van der Waals surface area contributed by atoms with Gasteiger partial charge in [0.05, 0.1) is 11.6 Å². The van der Waals surface area contributed by atoms with Gasteiger partial charge in [0.15, 0.2) is 0 Å². The Morgan fingerprint density at radius 1 is 1.14 bits per heavy atom. The largest absolute Gasteiger partial charge is 0.347 e. The normalized spacial score (nSPS) is 27.5. The molecule has 0 aliphatic carbocycles. The van der Waals surface area contributed by atoms with Gasteiger partial charge in [0.2, 0.25) is 5.91 Å². The molecule has 4 rings (SSSR count). The first-order valence-electron chi connectivity index (χ1n) is 9.72. The van der Waals surface area contributed by atoms with Crippen LogP contribution in [0, 0.1) is 5.92 Å². The van der Waals surface area contributed by atoms with Gasteiger partial charge in [-0.2, -0.15) is 5.10 Å². The Bertz CT molecular complexity index is 880. The highest BCUT2D eigenvalue weighted by molar-refractivity contribution is 5.93. The number of amides is 2. The zero-order chi connectivity index (χ0) is 19.9. The minimum Gasteiger partial charge on any atom is -0.347 e. The Hall–Kier alpha value is -2.67. The molecule has 2 fully saturated rings. The fourth-order valence-electron chi connectivity index (χ4n) is 5.07. The lowest BCUT2D eigenvalue weighted by molar-refractivity contribution is -0.122. The van der Waals surface area contributed by atoms with E-state index in [1.54, 1.807) is 30.9 Å². The van der Waals surface area contributed by atoms with Crippen LogP contribution < -0.4 is 5.32 Å². The lowest BCUT2D eigenvalue weighted by Gasteiger charge is -2.44. The first kappa shape index (κ1) is 18.7. The number of hydrogen-bond donors (Lipinski definition) is 1. The maximum Gasteiger partial charge on any atom is 0.272 e. The van der Waals surface area contributed by atoms with Crippen LogP contribution in [0.25, 0.3) is 0 Å². The predicted octanol–water partition coefficient (Wildman–Crippen LogP) is 1.44. The molecule has 0 bridgehead atoms. The molecular formula is C21H27N5O2. The van der Waals surface area contributed by atoms with E-state index in [1.165, 1.54) is 0 Å². The first-order valence-corrected chi connectivity index (χ1v) is 9.72. The van der Waals surface area contributed by atoms with Crippen LogP contribution in [-0.4, -0.2) is 63.6 Å². The summed E-state index contributed by atoms with van der Waals surface area (Å²) in [6.07, 6.45) is 2.57. The summed E-state index contributed by atoms with van der Waals surface area (Å²) >= 11 is 0. The number of aromatic nitrogens is 2. The molecule has 148 valence electrons. The molecule has 1 N–H and O–H groups in total. The Morgan fingerprint density at radius 2 is 1.89 bits per heavy atom. The molecule has 0 unspecified atom stereocenters. The molecule has 0 spiro atoms. The molecule has 1 aromatic carbocycles. The number of nitrogens with zero attached hydrogens (tertiary/aromatic N) is 4. The van der Waals surface area contributed by atoms with E-state index in [0.717, 1.165) is 25.1 Å². The number of piperidine rings is 1. The quantitative estimate of drug-likeness (QED) is 0.874. The number of nitrogens with one attached hydrogen (secondary N) is 1. The molecule has 0 radical (unpaired) electrons. The first-order chi connectivity index (χ1) is 13.4. The monoisotopic (exact) mass is 381 g/mol. The maximum atomic E-state index is 13.5. The van der Waals surface area contributed by atoms with Crippen LogP contribution >= 0.6 is 0 Å². The number of carbonyl (C=O) groups excluding carboxylic acids is 2. The zero-order valence-corrected chi connectivity index (χ0v) is 16.6. The maximum absolute atomic E-state index is 13.5. The number of fused-ring (bicyclic) bond motifs is 1. The summed E-state index contributed by atoms with van der Waals surface area (Å²) < 4.78 is 1.61. The fraction of sp³-hybridized carbons (Fsp3) is 0.476. The van der Waals surface area contributed by atoms with Crippen LogP contribution in [0.15, 0.2) is 42.6 Å². The van der Waals surface area contributed by atoms with Crippen LogP contribution in [0.4, 0.5) is 0 Å². The van der Waals surface area contributed by atoms with Crippen LogP contribution in [0.2, 0.25) is 0 Å². The van der Waals surface area contributed by atoms with Crippen LogP contribution in [0.1, 0.15) is 35.4 Å². The summed E-state index contributed by atoms with van der Waals surface area (Å²) in [4.78, 5) is 29.8. The number of aryl methyl sites for hydroxylation is 1. The average molecular weight is 381 g/mol. The van der Waals surface area contributed by atoms with Gasteiger partial charge in [-0.1, -0.05) is 30.3 Å². The van der Waals surface area contributed by atoms with E-state index in [4.69, 9.17) is 0 Å². The molecule has 2 amide bonds. The smallest absolute Gasteiger partial charge is 0.272 e. The van der Waals surface area contributed by atoms with E-state index in [1.807, 2.05) is 23.1 Å². The topological polar surface area (TPSA) is 70.5 Å². The van der Waals surface area contributed by atoms with E-state index in [-0.39, 0.29) is 23.8 Å². The van der Waals surface area contributed by atoms with Gasteiger partial charge in [-0.25, -0.2) is 0 Å². The molecule has 2 aliphatic heterocycles. The summed E-state index contributed by atoms with van der Waals surface area (Å²) in [5.74, 6) is 0.0600. The van der Waals surface area contributed by atoms with Crippen molar-refractivity contribution >= 4 is 11.8 Å². The fourth-order valence-corrected chi connectivity index (χ4v) is 5.07. The van der Waals surface area contributed by atoms with Crippen LogP contribution in [0.5, 0.6) is 0 Å². The molecule has 1 aromatic heterocycles. The Kier molecular flexibility index (Phi) is 4.71. The number of carbonyl (C=O) groups is 2. The Balaban J connectivity index is 1.80. The lowest BCUT2D eigenvalue weighted by Crippen LogP contribution is -2.63. The van der Waals surface area contributed by atoms with Crippen molar-refractivity contribution in [2.75, 3.05) is 26.7 Å². The van der Waals surface area contributed by atoms with Gasteiger partial charge >= 0.3 is 0 Å². The third kappa shape index (κ3) is 3.09. The zero-order valence-electron chi connectivity index (χ0n) is 16.6. The second-order valence-electron chi connectivity index (χ2n) is 8.10. The minimum absolute atomic E-state index is 0.0457. The van der Waals surface area contributed by atoms with Gasteiger partial charge in [-0.3, -0.25) is 14.3 Å². The third-order valence-electron chi connectivity index (χ3n) is 6.12. The second-order valence-corrected chi connectivity index (χ2v) is 8.10. The predicted molar refractivity (Wildman–Crippen MR) is 106 cm³/mol. The highest BCUT2D eigenvalue weighted by Gasteiger charge is 2.56. The SMILES string of the molecule is CC(=O)N[C@@]12CN(C)CC[C@@H]1[C@@H](c1ccccc1)N(C(=O)c1ccnn1C)C2. The van der Waals surface area contributed by atoms with Crippen molar-refractivity contribution in [2.45, 2.75) is 24.9 Å². The van der Waals surface area contributed by atoms with E-state index < -0.39 is 5.54 Å². The van der Waals surface area contributed by atoms with Crippen molar-refractivity contribution in [3.8, 4) is 0 Å². The third-order valence-corrected chi connectivity index (χ3v) is 6.12. The average Bonchev–Trinajstić information content (AvgIpc) is 3.22. The summed E-state index contributed by atoms with van der Waals surface area (Å²) in [6.45, 7) is 3.73. The molecule has 3 atom stereocenters. The van der Waals surface area contributed by atoms with E-state index in [2.05, 4.69) is 34.5 Å². The van der Waals surface area contributed by atoms with Gasteiger partial charge in [-0.15, -0.1) is 0 Å². The molecular weight excluding hydrogens is 354 g/mol.